The molecule has 0 atom stereocenters. The van der Waals surface area contributed by atoms with Gasteiger partial charge in [0.05, 0.1) is 7.11 Å². The Morgan fingerprint density at radius 3 is 2.19 bits per heavy atom. The fourth-order valence-corrected chi connectivity index (χ4v) is 3.32. The standard InChI is InChI=1S/C20H19Cl2N3O2/c1-10-17(11(2)19(22)12(3)18(10)21)20-24-16(27-25-20)9-15(23)13-5-7-14(26-4)8-6-13/h5-9H,23H2,1-4H3/b15-9-. The summed E-state index contributed by atoms with van der Waals surface area (Å²) in [6.45, 7) is 5.70. The Morgan fingerprint density at radius 1 is 1.04 bits per heavy atom. The van der Waals surface area contributed by atoms with Crippen LogP contribution >= 0.6 is 23.2 Å². The lowest BCUT2D eigenvalue weighted by Gasteiger charge is -2.13. The second kappa shape index (κ2) is 7.62. The molecule has 3 aromatic rings. The Bertz CT molecular complexity index is 995. The fourth-order valence-electron chi connectivity index (χ4n) is 2.89. The number of nitrogens with zero attached hydrogens (tertiary/aromatic N) is 2. The molecule has 0 aliphatic rings. The highest BCUT2D eigenvalue weighted by Crippen LogP contribution is 2.38. The zero-order chi connectivity index (χ0) is 19.7. The summed E-state index contributed by atoms with van der Waals surface area (Å²) in [7, 11) is 1.61. The Hall–Kier alpha value is -2.50. The Morgan fingerprint density at radius 2 is 1.63 bits per heavy atom. The number of methoxy groups -OCH3 is 1. The second-order valence-electron chi connectivity index (χ2n) is 6.16. The zero-order valence-corrected chi connectivity index (χ0v) is 16.9. The van der Waals surface area contributed by atoms with Gasteiger partial charge in [-0.1, -0.05) is 28.4 Å². The Balaban J connectivity index is 1.98. The fraction of sp³-hybridized carbons (Fsp3) is 0.200. The molecule has 0 amide bonds. The van der Waals surface area contributed by atoms with Crippen LogP contribution in [0.1, 0.15) is 28.1 Å². The van der Waals surface area contributed by atoms with E-state index in [1.165, 1.54) is 0 Å². The van der Waals surface area contributed by atoms with Gasteiger partial charge in [-0.15, -0.1) is 0 Å². The molecule has 2 N–H and O–H groups in total. The molecular weight excluding hydrogens is 385 g/mol. The highest BCUT2D eigenvalue weighted by atomic mass is 35.5. The molecule has 0 aliphatic heterocycles. The molecule has 1 aromatic heterocycles. The van der Waals surface area contributed by atoms with Crippen molar-refractivity contribution in [1.29, 1.82) is 0 Å². The summed E-state index contributed by atoms with van der Waals surface area (Å²) in [5, 5.41) is 5.27. The molecule has 0 spiro atoms. The summed E-state index contributed by atoms with van der Waals surface area (Å²) in [6.07, 6.45) is 1.63. The first-order valence-corrected chi connectivity index (χ1v) is 8.99. The van der Waals surface area contributed by atoms with Gasteiger partial charge in [-0.3, -0.25) is 0 Å². The Kier molecular flexibility index (Phi) is 5.44. The van der Waals surface area contributed by atoms with Crippen LogP contribution in [0.15, 0.2) is 28.8 Å². The maximum absolute atomic E-state index is 6.39. The van der Waals surface area contributed by atoms with Crippen molar-refractivity contribution in [3.05, 3.63) is 62.5 Å². The molecule has 5 nitrogen and oxygen atoms in total. The van der Waals surface area contributed by atoms with Gasteiger partial charge in [0.1, 0.15) is 5.75 Å². The number of aromatic nitrogens is 2. The highest BCUT2D eigenvalue weighted by Gasteiger charge is 2.20. The molecule has 2 aromatic carbocycles. The van der Waals surface area contributed by atoms with Gasteiger partial charge in [-0.25, -0.2) is 0 Å². The van der Waals surface area contributed by atoms with E-state index in [-0.39, 0.29) is 0 Å². The van der Waals surface area contributed by atoms with Gasteiger partial charge < -0.3 is 15.0 Å². The zero-order valence-electron chi connectivity index (χ0n) is 15.4. The van der Waals surface area contributed by atoms with Crippen LogP contribution in [0.3, 0.4) is 0 Å². The van der Waals surface area contributed by atoms with Crippen LogP contribution in [0, 0.1) is 20.8 Å². The Labute approximate surface area is 167 Å². The minimum absolute atomic E-state index is 0.296. The molecule has 0 radical (unpaired) electrons. The predicted molar refractivity (Wildman–Crippen MR) is 109 cm³/mol. The van der Waals surface area contributed by atoms with E-state index in [9.17, 15) is 0 Å². The lowest BCUT2D eigenvalue weighted by Crippen LogP contribution is -1.97. The molecule has 0 bridgehead atoms. The number of hydrogen-bond acceptors (Lipinski definition) is 5. The van der Waals surface area contributed by atoms with Gasteiger partial charge in [0.2, 0.25) is 5.82 Å². The normalized spacial score (nSPS) is 11.7. The van der Waals surface area contributed by atoms with Crippen molar-refractivity contribution in [1.82, 2.24) is 10.1 Å². The quantitative estimate of drug-likeness (QED) is 0.627. The van der Waals surface area contributed by atoms with Gasteiger partial charge in [-0.05, 0) is 67.3 Å². The predicted octanol–water partition coefficient (Wildman–Crippen LogP) is 5.43. The van der Waals surface area contributed by atoms with Crippen LogP contribution in [-0.4, -0.2) is 17.3 Å². The van der Waals surface area contributed by atoms with Crippen LogP contribution in [0.4, 0.5) is 0 Å². The number of nitrogens with two attached hydrogens (primary N) is 1. The number of ether oxygens (including phenoxy) is 1. The third-order valence-corrected chi connectivity index (χ3v) is 5.57. The topological polar surface area (TPSA) is 74.2 Å². The first-order chi connectivity index (χ1) is 12.8. The van der Waals surface area contributed by atoms with Crippen LogP contribution in [-0.2, 0) is 0 Å². The van der Waals surface area contributed by atoms with Crippen LogP contribution in [0.25, 0.3) is 23.2 Å². The molecule has 0 fully saturated rings. The average Bonchev–Trinajstić information content (AvgIpc) is 3.13. The molecule has 3 rings (SSSR count). The van der Waals surface area contributed by atoms with Gasteiger partial charge in [-0.2, -0.15) is 4.98 Å². The highest BCUT2D eigenvalue weighted by molar-refractivity contribution is 6.37. The molecule has 0 aliphatic carbocycles. The summed E-state index contributed by atoms with van der Waals surface area (Å²) in [5.74, 6) is 1.47. The smallest absolute Gasteiger partial charge is 0.253 e. The van der Waals surface area contributed by atoms with Crippen molar-refractivity contribution < 1.29 is 9.26 Å². The van der Waals surface area contributed by atoms with Crippen molar-refractivity contribution >= 4 is 35.0 Å². The minimum atomic E-state index is 0.296. The second-order valence-corrected chi connectivity index (χ2v) is 6.92. The maximum Gasteiger partial charge on any atom is 0.253 e. The van der Waals surface area contributed by atoms with Crippen LogP contribution in [0.2, 0.25) is 10.0 Å². The molecule has 1 heterocycles. The minimum Gasteiger partial charge on any atom is -0.497 e. The van der Waals surface area contributed by atoms with Gasteiger partial charge in [0.15, 0.2) is 0 Å². The van der Waals surface area contributed by atoms with Crippen molar-refractivity contribution in [3.8, 4) is 17.1 Å². The van der Waals surface area contributed by atoms with Crippen LogP contribution in [0.5, 0.6) is 5.75 Å². The van der Waals surface area contributed by atoms with E-state index in [2.05, 4.69) is 10.1 Å². The summed E-state index contributed by atoms with van der Waals surface area (Å²) in [6, 6.07) is 7.38. The molecule has 0 saturated heterocycles. The van der Waals surface area contributed by atoms with Crippen molar-refractivity contribution in [3.63, 3.8) is 0 Å². The van der Waals surface area contributed by atoms with E-state index in [1.54, 1.807) is 13.2 Å². The molecular formula is C20H19Cl2N3O2. The van der Waals surface area contributed by atoms with Crippen LogP contribution < -0.4 is 10.5 Å². The van der Waals surface area contributed by atoms with Crippen molar-refractivity contribution in [2.45, 2.75) is 20.8 Å². The third kappa shape index (κ3) is 3.66. The lowest BCUT2D eigenvalue weighted by atomic mass is 9.99. The lowest BCUT2D eigenvalue weighted by molar-refractivity contribution is 0.411. The SMILES string of the molecule is COc1ccc(/C(N)=C/c2nc(-c3c(C)c(Cl)c(C)c(Cl)c3C)no2)cc1. The summed E-state index contributed by atoms with van der Waals surface area (Å²) in [4.78, 5) is 4.44. The molecule has 27 heavy (non-hydrogen) atoms. The number of rotatable bonds is 4. The van der Waals surface area contributed by atoms with E-state index < -0.39 is 0 Å². The molecule has 0 saturated carbocycles. The maximum atomic E-state index is 6.39. The van der Waals surface area contributed by atoms with Crippen molar-refractivity contribution in [2.24, 2.45) is 5.73 Å². The van der Waals surface area contributed by atoms with Gasteiger partial charge in [0, 0.05) is 27.4 Å². The monoisotopic (exact) mass is 403 g/mol. The van der Waals surface area contributed by atoms with E-state index in [0.717, 1.165) is 33.6 Å². The summed E-state index contributed by atoms with van der Waals surface area (Å²) in [5.41, 5.74) is 10.8. The average molecular weight is 404 g/mol. The first kappa shape index (κ1) is 19.3. The third-order valence-electron chi connectivity index (χ3n) is 4.43. The number of benzene rings is 2. The van der Waals surface area contributed by atoms with E-state index in [1.807, 2.05) is 45.0 Å². The van der Waals surface area contributed by atoms with Crippen molar-refractivity contribution in [2.75, 3.05) is 7.11 Å². The number of halogens is 2. The largest absolute Gasteiger partial charge is 0.497 e. The molecule has 0 unspecified atom stereocenters. The van der Waals surface area contributed by atoms with E-state index in [0.29, 0.717) is 27.5 Å². The summed E-state index contributed by atoms with van der Waals surface area (Å²) >= 11 is 12.8. The van der Waals surface area contributed by atoms with E-state index >= 15 is 0 Å². The molecule has 140 valence electrons. The molecule has 7 heteroatoms. The number of hydrogen-bond donors (Lipinski definition) is 1. The van der Waals surface area contributed by atoms with E-state index in [4.69, 9.17) is 38.2 Å². The van der Waals surface area contributed by atoms with Gasteiger partial charge in [0.25, 0.3) is 5.89 Å². The first-order valence-electron chi connectivity index (χ1n) is 8.24. The summed E-state index contributed by atoms with van der Waals surface area (Å²) < 4.78 is 10.5. The van der Waals surface area contributed by atoms with Gasteiger partial charge >= 0.3 is 0 Å².